The first-order chi connectivity index (χ1) is 11.1. The summed E-state index contributed by atoms with van der Waals surface area (Å²) in [4.78, 5) is 16.6. The maximum absolute atomic E-state index is 12.2. The first-order valence-corrected chi connectivity index (χ1v) is 9.09. The summed E-state index contributed by atoms with van der Waals surface area (Å²) in [5, 5.41) is 3.09. The number of nitrogens with one attached hydrogen (secondary N) is 1. The molecule has 0 aliphatic carbocycles. The third-order valence-corrected chi connectivity index (χ3v) is 4.77. The fourth-order valence-corrected chi connectivity index (χ4v) is 3.31. The van der Waals surface area contributed by atoms with Crippen molar-refractivity contribution in [1.29, 1.82) is 0 Å². The Morgan fingerprint density at radius 1 is 1.26 bits per heavy atom. The van der Waals surface area contributed by atoms with E-state index in [0.717, 1.165) is 23.4 Å². The quantitative estimate of drug-likeness (QED) is 0.828. The lowest BCUT2D eigenvalue weighted by molar-refractivity contribution is -0.119. The molecule has 3 nitrogen and oxygen atoms in total. The van der Waals surface area contributed by atoms with Crippen molar-refractivity contribution in [3.05, 3.63) is 65.0 Å². The van der Waals surface area contributed by atoms with Crippen molar-refractivity contribution in [3.63, 3.8) is 0 Å². The molecule has 1 aromatic carbocycles. The number of hydrogen-bond acceptors (Lipinski definition) is 3. The van der Waals surface area contributed by atoms with Gasteiger partial charge in [-0.3, -0.25) is 9.78 Å². The zero-order valence-electron chi connectivity index (χ0n) is 14.0. The van der Waals surface area contributed by atoms with Crippen LogP contribution in [0.15, 0.2) is 42.6 Å². The van der Waals surface area contributed by atoms with E-state index in [0.29, 0.717) is 5.75 Å². The minimum Gasteiger partial charge on any atom is -0.347 e. The summed E-state index contributed by atoms with van der Waals surface area (Å²) >= 11 is 1.65. The number of hydrogen-bond donors (Lipinski definition) is 1. The van der Waals surface area contributed by atoms with E-state index in [1.54, 1.807) is 18.0 Å². The highest BCUT2D eigenvalue weighted by molar-refractivity contribution is 7.99. The van der Waals surface area contributed by atoms with Crippen LogP contribution in [0.3, 0.4) is 0 Å². The topological polar surface area (TPSA) is 42.0 Å². The molecule has 4 heteroatoms. The van der Waals surface area contributed by atoms with Crippen LogP contribution in [0.5, 0.6) is 0 Å². The van der Waals surface area contributed by atoms with Crippen LogP contribution in [0.1, 0.15) is 41.8 Å². The van der Waals surface area contributed by atoms with Crippen molar-refractivity contribution >= 4 is 17.7 Å². The number of aryl methyl sites for hydroxylation is 2. The molecule has 1 amide bonds. The standard InChI is InChI=1S/C19H24N2OS/c1-4-17(18-11-14(2)9-10-20-18)21-19(22)13-23-12-16-8-6-5-7-15(16)3/h5-11,17H,4,12-13H2,1-3H3,(H,21,22). The van der Waals surface area contributed by atoms with Gasteiger partial charge in [-0.15, -0.1) is 11.8 Å². The third kappa shape index (κ3) is 5.39. The van der Waals surface area contributed by atoms with Gasteiger partial charge in [-0.2, -0.15) is 0 Å². The smallest absolute Gasteiger partial charge is 0.230 e. The fourth-order valence-electron chi connectivity index (χ4n) is 2.40. The molecule has 122 valence electrons. The predicted molar refractivity (Wildman–Crippen MR) is 97.5 cm³/mol. The number of nitrogens with zero attached hydrogens (tertiary/aromatic N) is 1. The highest BCUT2D eigenvalue weighted by Crippen LogP contribution is 2.18. The maximum Gasteiger partial charge on any atom is 0.230 e. The molecule has 1 unspecified atom stereocenters. The number of carbonyl (C=O) groups is 1. The zero-order chi connectivity index (χ0) is 16.7. The van der Waals surface area contributed by atoms with Gasteiger partial charge in [-0.25, -0.2) is 0 Å². The average Bonchev–Trinajstić information content (AvgIpc) is 2.54. The number of aromatic nitrogens is 1. The molecule has 23 heavy (non-hydrogen) atoms. The van der Waals surface area contributed by atoms with Gasteiger partial charge in [0.05, 0.1) is 17.5 Å². The molecule has 1 aromatic heterocycles. The van der Waals surface area contributed by atoms with Crippen LogP contribution < -0.4 is 5.32 Å². The fraction of sp³-hybridized carbons (Fsp3) is 0.368. The zero-order valence-corrected chi connectivity index (χ0v) is 14.8. The molecule has 1 heterocycles. The van der Waals surface area contributed by atoms with Crippen molar-refractivity contribution < 1.29 is 4.79 Å². The Hall–Kier alpha value is -1.81. The van der Waals surface area contributed by atoms with E-state index in [1.165, 1.54) is 11.1 Å². The molecule has 2 aromatic rings. The van der Waals surface area contributed by atoms with Crippen molar-refractivity contribution in [2.75, 3.05) is 5.75 Å². The Morgan fingerprint density at radius 2 is 2.04 bits per heavy atom. The van der Waals surface area contributed by atoms with Crippen LogP contribution in [-0.2, 0) is 10.5 Å². The van der Waals surface area contributed by atoms with Gasteiger partial charge in [-0.05, 0) is 49.1 Å². The summed E-state index contributed by atoms with van der Waals surface area (Å²) in [6.07, 6.45) is 2.64. The molecule has 0 aliphatic rings. The van der Waals surface area contributed by atoms with Crippen LogP contribution in [0.25, 0.3) is 0 Å². The number of benzene rings is 1. The monoisotopic (exact) mass is 328 g/mol. The Kier molecular flexibility index (Phi) is 6.66. The number of pyridine rings is 1. The van der Waals surface area contributed by atoms with Gasteiger partial charge < -0.3 is 5.32 Å². The molecule has 2 rings (SSSR count). The van der Waals surface area contributed by atoms with Crippen LogP contribution in [-0.4, -0.2) is 16.6 Å². The minimum absolute atomic E-state index is 0.0125. The normalized spacial score (nSPS) is 12.0. The van der Waals surface area contributed by atoms with Gasteiger partial charge in [0, 0.05) is 11.9 Å². The van der Waals surface area contributed by atoms with E-state index < -0.39 is 0 Å². The third-order valence-electron chi connectivity index (χ3n) is 3.79. The minimum atomic E-state index is -0.0125. The lowest BCUT2D eigenvalue weighted by Crippen LogP contribution is -2.30. The largest absolute Gasteiger partial charge is 0.347 e. The second-order valence-corrected chi connectivity index (χ2v) is 6.69. The van der Waals surface area contributed by atoms with Crippen molar-refractivity contribution in [1.82, 2.24) is 10.3 Å². The molecule has 0 radical (unpaired) electrons. The van der Waals surface area contributed by atoms with Gasteiger partial charge in [0.25, 0.3) is 0 Å². The number of carbonyl (C=O) groups excluding carboxylic acids is 1. The molecule has 0 saturated heterocycles. The second kappa shape index (κ2) is 8.73. The van der Waals surface area contributed by atoms with Crippen LogP contribution in [0.4, 0.5) is 0 Å². The molecule has 0 saturated carbocycles. The highest BCUT2D eigenvalue weighted by atomic mass is 32.2. The molecular weight excluding hydrogens is 304 g/mol. The molecule has 1 atom stereocenters. The van der Waals surface area contributed by atoms with Crippen LogP contribution in [0.2, 0.25) is 0 Å². The summed E-state index contributed by atoms with van der Waals surface area (Å²) in [6.45, 7) is 6.21. The Morgan fingerprint density at radius 3 is 2.74 bits per heavy atom. The molecular formula is C19H24N2OS. The van der Waals surface area contributed by atoms with Crippen molar-refractivity contribution in [3.8, 4) is 0 Å². The summed E-state index contributed by atoms with van der Waals surface area (Å²) in [5.74, 6) is 1.40. The summed E-state index contributed by atoms with van der Waals surface area (Å²) in [7, 11) is 0. The molecule has 1 N–H and O–H groups in total. The van der Waals surface area contributed by atoms with Gasteiger partial charge in [-0.1, -0.05) is 31.2 Å². The van der Waals surface area contributed by atoms with E-state index in [4.69, 9.17) is 0 Å². The Balaban J connectivity index is 1.85. The van der Waals surface area contributed by atoms with E-state index in [2.05, 4.69) is 36.3 Å². The van der Waals surface area contributed by atoms with Crippen molar-refractivity contribution in [2.24, 2.45) is 0 Å². The molecule has 0 aliphatic heterocycles. The number of thioether (sulfide) groups is 1. The first kappa shape index (κ1) is 17.5. The van der Waals surface area contributed by atoms with Gasteiger partial charge >= 0.3 is 0 Å². The Bertz CT molecular complexity index is 657. The number of rotatable bonds is 7. The first-order valence-electron chi connectivity index (χ1n) is 7.94. The van der Waals surface area contributed by atoms with Crippen LogP contribution >= 0.6 is 11.8 Å². The Labute approximate surface area is 142 Å². The molecule has 0 fully saturated rings. The van der Waals surface area contributed by atoms with E-state index in [1.807, 2.05) is 31.2 Å². The van der Waals surface area contributed by atoms with Crippen molar-refractivity contribution in [2.45, 2.75) is 39.0 Å². The second-order valence-electron chi connectivity index (χ2n) is 5.71. The van der Waals surface area contributed by atoms with E-state index in [-0.39, 0.29) is 11.9 Å². The maximum atomic E-state index is 12.2. The van der Waals surface area contributed by atoms with Gasteiger partial charge in [0.15, 0.2) is 0 Å². The van der Waals surface area contributed by atoms with Gasteiger partial charge in [0.2, 0.25) is 5.91 Å². The number of amides is 1. The summed E-state index contributed by atoms with van der Waals surface area (Å²) < 4.78 is 0. The van der Waals surface area contributed by atoms with E-state index in [9.17, 15) is 4.79 Å². The highest BCUT2D eigenvalue weighted by Gasteiger charge is 2.14. The lowest BCUT2D eigenvalue weighted by atomic mass is 10.1. The summed E-state index contributed by atoms with van der Waals surface area (Å²) in [6, 6.07) is 12.3. The summed E-state index contributed by atoms with van der Waals surface area (Å²) in [5.41, 5.74) is 4.66. The SMILES string of the molecule is CCC(NC(=O)CSCc1ccccc1C)c1cc(C)ccn1. The predicted octanol–water partition coefficient (Wildman–Crippen LogP) is 4.20. The van der Waals surface area contributed by atoms with E-state index >= 15 is 0 Å². The van der Waals surface area contributed by atoms with Crippen LogP contribution in [0, 0.1) is 13.8 Å². The molecule has 0 bridgehead atoms. The average molecular weight is 328 g/mol. The lowest BCUT2D eigenvalue weighted by Gasteiger charge is -2.17. The van der Waals surface area contributed by atoms with Gasteiger partial charge in [0.1, 0.15) is 0 Å². The molecule has 0 spiro atoms.